The van der Waals surface area contributed by atoms with E-state index < -0.39 is 6.10 Å². The van der Waals surface area contributed by atoms with Crippen LogP contribution in [0.4, 0.5) is 5.69 Å². The lowest BCUT2D eigenvalue weighted by Crippen LogP contribution is -2.41. The molecule has 1 aliphatic heterocycles. The number of hydrogen-bond donors (Lipinski definition) is 2. The molecular formula is C14H20N2O3. The van der Waals surface area contributed by atoms with Crippen LogP contribution in [0.25, 0.3) is 0 Å². The number of carbonyl (C=O) groups is 1. The molecule has 0 radical (unpaired) electrons. The topological polar surface area (TPSA) is 61.8 Å². The Morgan fingerprint density at radius 1 is 1.47 bits per heavy atom. The zero-order valence-electron chi connectivity index (χ0n) is 11.1. The van der Waals surface area contributed by atoms with Crippen molar-refractivity contribution in [1.29, 1.82) is 0 Å². The van der Waals surface area contributed by atoms with Gasteiger partial charge in [-0.05, 0) is 18.7 Å². The predicted molar refractivity (Wildman–Crippen MR) is 73.5 cm³/mol. The summed E-state index contributed by atoms with van der Waals surface area (Å²) in [5.74, 6) is 0.685. The van der Waals surface area contributed by atoms with Crippen molar-refractivity contribution < 1.29 is 14.6 Å². The molecule has 1 atom stereocenters. The number of fused-ring (bicyclic) bond motifs is 1. The van der Waals surface area contributed by atoms with Crippen molar-refractivity contribution in [3.8, 4) is 5.75 Å². The molecule has 2 N–H and O–H groups in total. The highest BCUT2D eigenvalue weighted by Crippen LogP contribution is 2.30. The monoisotopic (exact) mass is 264 g/mol. The van der Waals surface area contributed by atoms with Gasteiger partial charge < -0.3 is 20.1 Å². The Balaban J connectivity index is 2.14. The number of para-hydroxylation sites is 2. The molecule has 1 aromatic carbocycles. The van der Waals surface area contributed by atoms with E-state index in [4.69, 9.17) is 4.74 Å². The number of benzene rings is 1. The molecule has 0 bridgehead atoms. The van der Waals surface area contributed by atoms with Gasteiger partial charge in [-0.2, -0.15) is 0 Å². The summed E-state index contributed by atoms with van der Waals surface area (Å²) in [4.78, 5) is 13.7. The molecule has 0 saturated heterocycles. The number of aliphatic hydroxyl groups excluding tert-OH is 1. The van der Waals surface area contributed by atoms with Gasteiger partial charge in [0.25, 0.3) is 0 Å². The van der Waals surface area contributed by atoms with Crippen LogP contribution in [0.15, 0.2) is 24.3 Å². The molecule has 0 aromatic heterocycles. The number of anilines is 1. The summed E-state index contributed by atoms with van der Waals surface area (Å²) in [6.07, 6.45) is -0.252. The van der Waals surface area contributed by atoms with E-state index in [-0.39, 0.29) is 12.5 Å². The van der Waals surface area contributed by atoms with Crippen molar-refractivity contribution in [3.63, 3.8) is 0 Å². The Morgan fingerprint density at radius 2 is 2.26 bits per heavy atom. The average Bonchev–Trinajstić information content (AvgIpc) is 2.57. The lowest BCUT2D eigenvalue weighted by molar-refractivity contribution is -0.119. The Hall–Kier alpha value is -1.59. The molecule has 1 heterocycles. The lowest BCUT2D eigenvalue weighted by atomic mass is 10.2. The number of aliphatic hydroxyl groups is 1. The molecule has 0 fully saturated rings. The van der Waals surface area contributed by atoms with Gasteiger partial charge in [0.15, 0.2) is 0 Å². The van der Waals surface area contributed by atoms with Crippen molar-refractivity contribution in [2.75, 3.05) is 31.1 Å². The molecule has 0 aliphatic carbocycles. The van der Waals surface area contributed by atoms with Crippen LogP contribution in [-0.4, -0.2) is 43.4 Å². The molecule has 1 aliphatic rings. The van der Waals surface area contributed by atoms with E-state index in [1.54, 1.807) is 4.90 Å². The second-order valence-corrected chi connectivity index (χ2v) is 4.53. The van der Waals surface area contributed by atoms with Gasteiger partial charge in [0, 0.05) is 6.54 Å². The third-order valence-electron chi connectivity index (χ3n) is 3.05. The van der Waals surface area contributed by atoms with Crippen molar-refractivity contribution in [2.24, 2.45) is 0 Å². The minimum Gasteiger partial charge on any atom is -0.491 e. The number of likely N-dealkylation sites (N-methyl/N-ethyl adjacent to an activating group) is 1. The van der Waals surface area contributed by atoms with E-state index >= 15 is 0 Å². The molecule has 0 spiro atoms. The number of nitrogens with zero attached hydrogens (tertiary/aromatic N) is 1. The first-order chi connectivity index (χ1) is 9.22. The number of β-amino-alcohol motifs (C(OH)–C–C–N with tert-alkyl or cyclic N) is 1. The summed E-state index contributed by atoms with van der Waals surface area (Å²) in [5.41, 5.74) is 0.737. The summed E-state index contributed by atoms with van der Waals surface area (Å²) in [6, 6.07) is 7.43. The largest absolute Gasteiger partial charge is 0.491 e. The number of carbonyl (C=O) groups excluding carboxylic acids is 1. The average molecular weight is 264 g/mol. The van der Waals surface area contributed by atoms with Gasteiger partial charge in [0.1, 0.15) is 5.75 Å². The van der Waals surface area contributed by atoms with Crippen LogP contribution >= 0.6 is 0 Å². The molecule has 1 aromatic rings. The molecule has 19 heavy (non-hydrogen) atoms. The molecule has 104 valence electrons. The third-order valence-corrected chi connectivity index (χ3v) is 3.05. The van der Waals surface area contributed by atoms with Gasteiger partial charge in [-0.3, -0.25) is 4.79 Å². The van der Waals surface area contributed by atoms with Crippen molar-refractivity contribution in [3.05, 3.63) is 24.3 Å². The molecule has 1 amide bonds. The van der Waals surface area contributed by atoms with E-state index in [0.717, 1.165) is 12.2 Å². The summed E-state index contributed by atoms with van der Waals surface area (Å²) < 4.78 is 5.55. The standard InChI is InChI=1S/C14H20N2O3/c1-2-15-9-11(17)10-16-12-5-3-4-6-13(12)19-8-7-14(16)18/h3-6,11,15,17H,2,7-10H2,1H3. The number of amides is 1. The predicted octanol–water partition coefficient (Wildman–Crippen LogP) is 0.773. The normalized spacial score (nSPS) is 16.5. The number of rotatable bonds is 5. The van der Waals surface area contributed by atoms with E-state index in [9.17, 15) is 9.90 Å². The molecule has 5 nitrogen and oxygen atoms in total. The Morgan fingerprint density at radius 3 is 3.05 bits per heavy atom. The summed E-state index contributed by atoms with van der Waals surface area (Å²) in [5, 5.41) is 13.0. The van der Waals surface area contributed by atoms with Gasteiger partial charge in [0.05, 0.1) is 31.4 Å². The second-order valence-electron chi connectivity index (χ2n) is 4.53. The maximum absolute atomic E-state index is 12.1. The molecule has 2 rings (SSSR count). The fourth-order valence-electron chi connectivity index (χ4n) is 2.11. The van der Waals surface area contributed by atoms with Crippen LogP contribution in [0.2, 0.25) is 0 Å². The fourth-order valence-corrected chi connectivity index (χ4v) is 2.11. The van der Waals surface area contributed by atoms with Crippen molar-refractivity contribution in [2.45, 2.75) is 19.4 Å². The smallest absolute Gasteiger partial charge is 0.230 e. The fraction of sp³-hybridized carbons (Fsp3) is 0.500. The Kier molecular flexibility index (Phi) is 4.76. The van der Waals surface area contributed by atoms with E-state index in [2.05, 4.69) is 5.32 Å². The first kappa shape index (κ1) is 13.8. The van der Waals surface area contributed by atoms with E-state index in [0.29, 0.717) is 25.3 Å². The zero-order valence-corrected chi connectivity index (χ0v) is 11.1. The molecule has 5 heteroatoms. The van der Waals surface area contributed by atoms with Crippen LogP contribution in [0.5, 0.6) is 5.75 Å². The van der Waals surface area contributed by atoms with Gasteiger partial charge in [-0.25, -0.2) is 0 Å². The van der Waals surface area contributed by atoms with Gasteiger partial charge in [-0.1, -0.05) is 19.1 Å². The minimum atomic E-state index is -0.588. The quantitative estimate of drug-likeness (QED) is 0.824. The summed E-state index contributed by atoms with van der Waals surface area (Å²) in [6.45, 7) is 3.92. The summed E-state index contributed by atoms with van der Waals surface area (Å²) >= 11 is 0. The molecular weight excluding hydrogens is 244 g/mol. The second kappa shape index (κ2) is 6.54. The first-order valence-corrected chi connectivity index (χ1v) is 6.63. The van der Waals surface area contributed by atoms with E-state index in [1.807, 2.05) is 31.2 Å². The van der Waals surface area contributed by atoms with Crippen molar-refractivity contribution >= 4 is 11.6 Å². The SMILES string of the molecule is CCNCC(O)CN1C(=O)CCOc2ccccc21. The van der Waals surface area contributed by atoms with Crippen LogP contribution in [0.1, 0.15) is 13.3 Å². The van der Waals surface area contributed by atoms with Gasteiger partial charge in [0.2, 0.25) is 5.91 Å². The minimum absolute atomic E-state index is 0.0134. The van der Waals surface area contributed by atoms with Gasteiger partial charge in [-0.15, -0.1) is 0 Å². The number of ether oxygens (including phenoxy) is 1. The Labute approximate surface area is 113 Å². The highest BCUT2D eigenvalue weighted by atomic mass is 16.5. The summed E-state index contributed by atoms with van der Waals surface area (Å²) in [7, 11) is 0. The van der Waals surface area contributed by atoms with Gasteiger partial charge >= 0.3 is 0 Å². The lowest BCUT2D eigenvalue weighted by Gasteiger charge is -2.24. The number of nitrogens with one attached hydrogen (secondary N) is 1. The van der Waals surface area contributed by atoms with Crippen molar-refractivity contribution in [1.82, 2.24) is 5.32 Å². The number of hydrogen-bond acceptors (Lipinski definition) is 4. The molecule has 1 unspecified atom stereocenters. The highest BCUT2D eigenvalue weighted by molar-refractivity contribution is 5.95. The first-order valence-electron chi connectivity index (χ1n) is 6.63. The Bertz CT molecular complexity index is 436. The van der Waals surface area contributed by atoms with Crippen LogP contribution in [0, 0.1) is 0 Å². The maximum atomic E-state index is 12.1. The van der Waals surface area contributed by atoms with Crippen LogP contribution in [0.3, 0.4) is 0 Å². The van der Waals surface area contributed by atoms with Crippen LogP contribution < -0.4 is 15.0 Å². The third kappa shape index (κ3) is 3.45. The molecule has 0 saturated carbocycles. The highest BCUT2D eigenvalue weighted by Gasteiger charge is 2.24. The maximum Gasteiger partial charge on any atom is 0.230 e. The van der Waals surface area contributed by atoms with E-state index in [1.165, 1.54) is 0 Å². The van der Waals surface area contributed by atoms with Crippen LogP contribution in [-0.2, 0) is 4.79 Å². The zero-order chi connectivity index (χ0) is 13.7.